The fourth-order valence-corrected chi connectivity index (χ4v) is 2.37. The lowest BCUT2D eigenvalue weighted by Gasteiger charge is -2.19. The van der Waals surface area contributed by atoms with Gasteiger partial charge in [0.1, 0.15) is 11.6 Å². The van der Waals surface area contributed by atoms with Crippen molar-refractivity contribution in [2.45, 2.75) is 38.8 Å². The van der Waals surface area contributed by atoms with Crippen LogP contribution in [-0.2, 0) is 12.0 Å². The molecule has 0 aliphatic heterocycles. The Morgan fingerprint density at radius 1 is 1.27 bits per heavy atom. The van der Waals surface area contributed by atoms with Crippen molar-refractivity contribution in [3.8, 4) is 0 Å². The molecule has 0 aliphatic carbocycles. The second kappa shape index (κ2) is 6.54. The normalized spacial score (nSPS) is 13.4. The Balaban J connectivity index is 1.99. The van der Waals surface area contributed by atoms with Crippen molar-refractivity contribution in [3.05, 3.63) is 52.9 Å². The number of benzene rings is 1. The van der Waals surface area contributed by atoms with Crippen LogP contribution in [-0.4, -0.2) is 21.8 Å². The average molecular weight is 309 g/mol. The Hall–Kier alpha value is -1.79. The van der Waals surface area contributed by atoms with Crippen molar-refractivity contribution in [3.63, 3.8) is 0 Å². The van der Waals surface area contributed by atoms with Gasteiger partial charge in [-0.15, -0.1) is 0 Å². The van der Waals surface area contributed by atoms with Crippen LogP contribution in [0.4, 0.5) is 8.78 Å². The largest absolute Gasteiger partial charge is 0.387 e. The molecule has 4 nitrogen and oxygen atoms in total. The Bertz CT molecular complexity index is 614. The van der Waals surface area contributed by atoms with Crippen LogP contribution < -0.4 is 5.32 Å². The average Bonchev–Trinajstić information content (AvgIpc) is 2.87. The molecule has 22 heavy (non-hydrogen) atoms. The fraction of sp³-hybridized carbons (Fsp3) is 0.438. The molecule has 0 saturated heterocycles. The van der Waals surface area contributed by atoms with Gasteiger partial charge < -0.3 is 10.4 Å². The van der Waals surface area contributed by atoms with Gasteiger partial charge in [-0.3, -0.25) is 5.10 Å². The molecule has 1 aromatic carbocycles. The van der Waals surface area contributed by atoms with Crippen molar-refractivity contribution in [2.75, 3.05) is 6.54 Å². The molecule has 2 rings (SSSR count). The van der Waals surface area contributed by atoms with E-state index in [1.54, 1.807) is 6.20 Å². The molecule has 0 aliphatic rings. The molecule has 0 bridgehead atoms. The van der Waals surface area contributed by atoms with Gasteiger partial charge in [0.15, 0.2) is 0 Å². The number of halogens is 2. The summed E-state index contributed by atoms with van der Waals surface area (Å²) in [5.41, 5.74) is 1.57. The number of aliphatic hydroxyl groups excluding tert-OH is 1. The molecule has 0 fully saturated rings. The van der Waals surface area contributed by atoms with Gasteiger partial charge in [0.25, 0.3) is 0 Å². The van der Waals surface area contributed by atoms with Crippen LogP contribution in [0.15, 0.2) is 24.4 Å². The minimum Gasteiger partial charge on any atom is -0.387 e. The number of nitrogens with one attached hydrogen (secondary N) is 2. The molecule has 0 spiro atoms. The molecule has 1 atom stereocenters. The first-order valence-electron chi connectivity index (χ1n) is 7.16. The van der Waals surface area contributed by atoms with Crippen molar-refractivity contribution in [2.24, 2.45) is 0 Å². The van der Waals surface area contributed by atoms with E-state index in [-0.39, 0.29) is 17.5 Å². The zero-order valence-electron chi connectivity index (χ0n) is 13.0. The first-order valence-corrected chi connectivity index (χ1v) is 7.16. The first-order chi connectivity index (χ1) is 10.3. The van der Waals surface area contributed by atoms with Gasteiger partial charge in [0.2, 0.25) is 0 Å². The molecule has 1 unspecified atom stereocenters. The lowest BCUT2D eigenvalue weighted by molar-refractivity contribution is 0.164. The summed E-state index contributed by atoms with van der Waals surface area (Å²) in [6.07, 6.45) is 0.468. The lowest BCUT2D eigenvalue weighted by atomic mass is 9.89. The highest BCUT2D eigenvalue weighted by molar-refractivity contribution is 5.24. The summed E-state index contributed by atoms with van der Waals surface area (Å²) in [4.78, 5) is 0. The van der Waals surface area contributed by atoms with Crippen LogP contribution in [0.1, 0.15) is 43.7 Å². The third-order valence-electron chi connectivity index (χ3n) is 3.45. The van der Waals surface area contributed by atoms with E-state index in [0.29, 0.717) is 6.54 Å². The van der Waals surface area contributed by atoms with Crippen molar-refractivity contribution in [1.29, 1.82) is 0 Å². The zero-order valence-corrected chi connectivity index (χ0v) is 13.0. The van der Waals surface area contributed by atoms with E-state index in [1.165, 1.54) is 6.07 Å². The quantitative estimate of drug-likeness (QED) is 0.796. The molecule has 1 heterocycles. The van der Waals surface area contributed by atoms with Gasteiger partial charge in [-0.1, -0.05) is 26.8 Å². The minimum absolute atomic E-state index is 0.0482. The lowest BCUT2D eigenvalue weighted by Crippen LogP contribution is -2.24. The maximum absolute atomic E-state index is 13.6. The summed E-state index contributed by atoms with van der Waals surface area (Å²) >= 11 is 0. The molecule has 6 heteroatoms. The highest BCUT2D eigenvalue weighted by Gasteiger charge is 2.21. The predicted octanol–water partition coefficient (Wildman–Crippen LogP) is 2.81. The second-order valence-electron chi connectivity index (χ2n) is 6.30. The molecular formula is C16H21F2N3O. The van der Waals surface area contributed by atoms with E-state index < -0.39 is 17.7 Å². The molecule has 0 radical (unpaired) electrons. The van der Waals surface area contributed by atoms with E-state index in [0.717, 1.165) is 23.4 Å². The standard InChI is InChI=1S/C16H21F2N3O/c1-16(2,3)15-10(8-20-21-15)7-19-9-13(22)14-11(17)5-4-6-12(14)18/h4-6,8,13,19,22H,7,9H2,1-3H3,(H,20,21). The van der Waals surface area contributed by atoms with E-state index in [4.69, 9.17) is 0 Å². The maximum atomic E-state index is 13.6. The van der Waals surface area contributed by atoms with E-state index in [1.807, 2.05) is 0 Å². The van der Waals surface area contributed by atoms with Crippen molar-refractivity contribution in [1.82, 2.24) is 15.5 Å². The van der Waals surface area contributed by atoms with Crippen molar-refractivity contribution >= 4 is 0 Å². The summed E-state index contributed by atoms with van der Waals surface area (Å²) in [6.45, 7) is 6.69. The number of aliphatic hydroxyl groups is 1. The Labute approximate surface area is 128 Å². The molecule has 1 aromatic heterocycles. The van der Waals surface area contributed by atoms with Crippen LogP contribution in [0.2, 0.25) is 0 Å². The summed E-state index contributed by atoms with van der Waals surface area (Å²) in [7, 11) is 0. The Morgan fingerprint density at radius 3 is 2.50 bits per heavy atom. The van der Waals surface area contributed by atoms with E-state index >= 15 is 0 Å². The number of aromatic amines is 1. The monoisotopic (exact) mass is 309 g/mol. The molecule has 0 saturated carbocycles. The molecular weight excluding hydrogens is 288 g/mol. The Morgan fingerprint density at radius 2 is 1.91 bits per heavy atom. The highest BCUT2D eigenvalue weighted by atomic mass is 19.1. The van der Waals surface area contributed by atoms with Crippen LogP contribution in [0, 0.1) is 11.6 Å². The highest BCUT2D eigenvalue weighted by Crippen LogP contribution is 2.24. The topological polar surface area (TPSA) is 60.9 Å². The van der Waals surface area contributed by atoms with E-state index in [9.17, 15) is 13.9 Å². The Kier molecular flexibility index (Phi) is 4.93. The smallest absolute Gasteiger partial charge is 0.131 e. The van der Waals surface area contributed by atoms with Gasteiger partial charge in [-0.05, 0) is 12.1 Å². The summed E-state index contributed by atoms with van der Waals surface area (Å²) in [5, 5.41) is 20.0. The SMILES string of the molecule is CC(C)(C)c1[nH]ncc1CNCC(O)c1c(F)cccc1F. The third-order valence-corrected chi connectivity index (χ3v) is 3.45. The van der Waals surface area contributed by atoms with Crippen LogP contribution in [0.25, 0.3) is 0 Å². The number of nitrogens with zero attached hydrogens (tertiary/aromatic N) is 1. The predicted molar refractivity (Wildman–Crippen MR) is 80.3 cm³/mol. The third kappa shape index (κ3) is 3.69. The maximum Gasteiger partial charge on any atom is 0.131 e. The van der Waals surface area contributed by atoms with Crippen LogP contribution >= 0.6 is 0 Å². The van der Waals surface area contributed by atoms with Gasteiger partial charge >= 0.3 is 0 Å². The number of rotatable bonds is 5. The van der Waals surface area contributed by atoms with Gasteiger partial charge in [-0.25, -0.2) is 8.78 Å². The molecule has 120 valence electrons. The number of hydrogen-bond acceptors (Lipinski definition) is 3. The molecule has 3 N–H and O–H groups in total. The van der Waals surface area contributed by atoms with Crippen LogP contribution in [0.3, 0.4) is 0 Å². The van der Waals surface area contributed by atoms with Gasteiger partial charge in [0.05, 0.1) is 17.9 Å². The summed E-state index contributed by atoms with van der Waals surface area (Å²) < 4.78 is 27.2. The molecule has 0 amide bonds. The number of aromatic nitrogens is 2. The number of H-pyrrole nitrogens is 1. The second-order valence-corrected chi connectivity index (χ2v) is 6.30. The summed E-state index contributed by atoms with van der Waals surface area (Å²) in [5.74, 6) is -1.49. The minimum atomic E-state index is -1.24. The van der Waals surface area contributed by atoms with Gasteiger partial charge in [-0.2, -0.15) is 5.10 Å². The fourth-order valence-electron chi connectivity index (χ4n) is 2.37. The van der Waals surface area contributed by atoms with Gasteiger partial charge in [0, 0.05) is 29.8 Å². The van der Waals surface area contributed by atoms with Crippen LogP contribution in [0.5, 0.6) is 0 Å². The number of hydrogen-bond donors (Lipinski definition) is 3. The zero-order chi connectivity index (χ0) is 16.3. The first kappa shape index (κ1) is 16.6. The molecule has 2 aromatic rings. The summed E-state index contributed by atoms with van der Waals surface area (Å²) in [6, 6.07) is 3.54. The van der Waals surface area contributed by atoms with E-state index in [2.05, 4.69) is 36.3 Å². The van der Waals surface area contributed by atoms with Crippen molar-refractivity contribution < 1.29 is 13.9 Å².